The first-order chi connectivity index (χ1) is 16.3. The molecule has 0 fully saturated rings. The van der Waals surface area contributed by atoms with Crippen LogP contribution in [0.25, 0.3) is 0 Å². The summed E-state index contributed by atoms with van der Waals surface area (Å²) in [5.74, 6) is -2.21. The number of ether oxygens (including phenoxy) is 2. The third kappa shape index (κ3) is 8.02. The van der Waals surface area contributed by atoms with Gasteiger partial charge in [-0.3, -0.25) is 14.3 Å². The number of sulfonamides is 1. The fraction of sp³-hybridized carbons (Fsp3) is 0.458. The first-order valence-corrected chi connectivity index (χ1v) is 12.9. The summed E-state index contributed by atoms with van der Waals surface area (Å²) in [5.41, 5.74) is 0.567. The van der Waals surface area contributed by atoms with Gasteiger partial charge in [-0.05, 0) is 56.7 Å². The van der Waals surface area contributed by atoms with Gasteiger partial charge < -0.3 is 14.8 Å². The summed E-state index contributed by atoms with van der Waals surface area (Å²) in [5, 5.41) is 3.22. The molecular formula is C24H33N3O6S. The first-order valence-electron chi connectivity index (χ1n) is 11.5. The molecule has 0 amide bonds. The van der Waals surface area contributed by atoms with E-state index in [0.717, 1.165) is 19.3 Å². The van der Waals surface area contributed by atoms with Gasteiger partial charge >= 0.3 is 11.9 Å². The van der Waals surface area contributed by atoms with E-state index in [-0.39, 0.29) is 23.9 Å². The van der Waals surface area contributed by atoms with Crippen molar-refractivity contribution in [3.05, 3.63) is 48.7 Å². The summed E-state index contributed by atoms with van der Waals surface area (Å²) in [4.78, 5) is 29.3. The van der Waals surface area contributed by atoms with E-state index in [9.17, 15) is 18.0 Å². The molecule has 0 radical (unpaired) electrons. The van der Waals surface area contributed by atoms with Crippen molar-refractivity contribution in [1.29, 1.82) is 0 Å². The summed E-state index contributed by atoms with van der Waals surface area (Å²) in [6.45, 7) is 5.71. The molecule has 0 unspecified atom stereocenters. The highest BCUT2D eigenvalue weighted by atomic mass is 32.2. The van der Waals surface area contributed by atoms with Crippen molar-refractivity contribution in [1.82, 2.24) is 4.98 Å². The van der Waals surface area contributed by atoms with E-state index in [1.54, 1.807) is 44.2 Å². The Morgan fingerprint density at radius 3 is 2.12 bits per heavy atom. The number of pyridine rings is 1. The maximum atomic E-state index is 12.6. The lowest BCUT2D eigenvalue weighted by Crippen LogP contribution is -2.42. The van der Waals surface area contributed by atoms with Gasteiger partial charge in [0, 0.05) is 11.9 Å². The van der Waals surface area contributed by atoms with E-state index >= 15 is 0 Å². The number of rotatable bonds is 14. The second-order valence-electron chi connectivity index (χ2n) is 7.57. The Morgan fingerprint density at radius 2 is 1.59 bits per heavy atom. The van der Waals surface area contributed by atoms with Crippen molar-refractivity contribution < 1.29 is 27.5 Å². The number of hydrogen-bond acceptors (Lipinski definition) is 8. The minimum atomic E-state index is -3.82. The molecular weight excluding hydrogens is 458 g/mol. The highest BCUT2D eigenvalue weighted by Gasteiger charge is 2.37. The average Bonchev–Trinajstić information content (AvgIpc) is 2.80. The van der Waals surface area contributed by atoms with Crippen LogP contribution in [0.4, 0.5) is 11.5 Å². The van der Waals surface area contributed by atoms with Crippen LogP contribution in [0.5, 0.6) is 0 Å². The molecule has 1 atom stereocenters. The van der Waals surface area contributed by atoms with Crippen molar-refractivity contribution in [2.75, 3.05) is 23.3 Å². The molecule has 0 saturated heterocycles. The molecule has 0 saturated carbocycles. The number of carbonyl (C=O) groups excluding carboxylic acids is 2. The van der Waals surface area contributed by atoms with Crippen molar-refractivity contribution in [3.8, 4) is 0 Å². The molecule has 2 N–H and O–H groups in total. The van der Waals surface area contributed by atoms with Crippen LogP contribution in [0.3, 0.4) is 0 Å². The molecule has 10 heteroatoms. The molecule has 1 aromatic heterocycles. The van der Waals surface area contributed by atoms with Crippen LogP contribution in [0.2, 0.25) is 0 Å². The minimum Gasteiger partial charge on any atom is -0.465 e. The zero-order chi connectivity index (χ0) is 25.0. The Bertz CT molecular complexity index is 995. The van der Waals surface area contributed by atoms with Gasteiger partial charge in [0.2, 0.25) is 0 Å². The Kier molecular flexibility index (Phi) is 10.8. The zero-order valence-corrected chi connectivity index (χ0v) is 20.6. The normalized spacial score (nSPS) is 12.1. The number of nitrogens with zero attached hydrogens (tertiary/aromatic N) is 1. The largest absolute Gasteiger partial charge is 0.465 e. The van der Waals surface area contributed by atoms with E-state index in [1.165, 1.54) is 18.3 Å². The number of benzene rings is 1. The summed E-state index contributed by atoms with van der Waals surface area (Å²) in [6, 6.07) is 10.4. The molecule has 9 nitrogen and oxygen atoms in total. The predicted molar refractivity (Wildman–Crippen MR) is 130 cm³/mol. The fourth-order valence-electron chi connectivity index (χ4n) is 3.39. The van der Waals surface area contributed by atoms with Crippen molar-refractivity contribution >= 4 is 33.5 Å². The topological polar surface area (TPSA) is 124 Å². The lowest BCUT2D eigenvalue weighted by molar-refractivity contribution is -0.162. The monoisotopic (exact) mass is 491 g/mol. The Labute approximate surface area is 201 Å². The quantitative estimate of drug-likeness (QED) is 0.231. The molecule has 2 rings (SSSR count). The lowest BCUT2D eigenvalue weighted by Gasteiger charge is -2.26. The predicted octanol–water partition coefficient (Wildman–Crippen LogP) is 3.99. The third-order valence-electron chi connectivity index (χ3n) is 5.02. The van der Waals surface area contributed by atoms with Crippen LogP contribution in [-0.4, -0.2) is 44.6 Å². The van der Waals surface area contributed by atoms with E-state index in [2.05, 4.69) is 21.9 Å². The number of esters is 2. The second kappa shape index (κ2) is 13.5. The number of aromatic nitrogens is 1. The number of unbranched alkanes of at least 4 members (excludes halogenated alkanes) is 2. The smallest absolute Gasteiger partial charge is 0.322 e. The SMILES string of the molecule is CCCCC[C@H](Nc1ccc(S(=O)(=O)Nc2ccccn2)cc1)C(C(=O)OCC)C(=O)OCC. The highest BCUT2D eigenvalue weighted by Crippen LogP contribution is 2.23. The Morgan fingerprint density at radius 1 is 0.941 bits per heavy atom. The molecule has 0 bridgehead atoms. The Hall–Kier alpha value is -3.14. The van der Waals surface area contributed by atoms with Gasteiger partial charge in [0.25, 0.3) is 10.0 Å². The van der Waals surface area contributed by atoms with Crippen LogP contribution in [0.1, 0.15) is 46.5 Å². The summed E-state index contributed by atoms with van der Waals surface area (Å²) >= 11 is 0. The lowest BCUT2D eigenvalue weighted by atomic mass is 9.94. The number of anilines is 2. The van der Waals surface area contributed by atoms with Crippen LogP contribution >= 0.6 is 0 Å². The minimum absolute atomic E-state index is 0.0542. The maximum Gasteiger partial charge on any atom is 0.322 e. The fourth-order valence-corrected chi connectivity index (χ4v) is 4.40. The van der Waals surface area contributed by atoms with Gasteiger partial charge in [0.1, 0.15) is 5.82 Å². The molecule has 2 aromatic rings. The molecule has 34 heavy (non-hydrogen) atoms. The van der Waals surface area contributed by atoms with E-state index in [4.69, 9.17) is 9.47 Å². The third-order valence-corrected chi connectivity index (χ3v) is 6.39. The molecule has 0 aliphatic rings. The number of hydrogen-bond donors (Lipinski definition) is 2. The van der Waals surface area contributed by atoms with Crippen LogP contribution in [0.15, 0.2) is 53.6 Å². The standard InChI is InChI=1S/C24H33N3O6S/c1-4-7-8-11-20(22(23(28)32-5-2)24(29)33-6-3)26-18-13-15-19(16-14-18)34(30,31)27-21-12-9-10-17-25-21/h9-10,12-17,20,22,26H,4-8,11H2,1-3H3,(H,25,27)/t20-/m0/s1. The van der Waals surface area contributed by atoms with E-state index in [0.29, 0.717) is 12.1 Å². The Balaban J connectivity index is 2.24. The molecule has 0 aliphatic heterocycles. The second-order valence-corrected chi connectivity index (χ2v) is 9.26. The van der Waals surface area contributed by atoms with Gasteiger partial charge in [0.15, 0.2) is 5.92 Å². The van der Waals surface area contributed by atoms with Gasteiger partial charge in [-0.1, -0.05) is 32.3 Å². The van der Waals surface area contributed by atoms with Gasteiger partial charge in [-0.15, -0.1) is 0 Å². The number of carbonyl (C=O) groups is 2. The maximum absolute atomic E-state index is 12.6. The van der Waals surface area contributed by atoms with Gasteiger partial charge in [-0.2, -0.15) is 0 Å². The van der Waals surface area contributed by atoms with Crippen LogP contribution in [0, 0.1) is 5.92 Å². The van der Waals surface area contributed by atoms with Crippen LogP contribution < -0.4 is 10.0 Å². The van der Waals surface area contributed by atoms with Gasteiger partial charge in [-0.25, -0.2) is 13.4 Å². The summed E-state index contributed by atoms with van der Waals surface area (Å²) in [6.07, 6.45) is 4.74. The van der Waals surface area contributed by atoms with Crippen LogP contribution in [-0.2, 0) is 29.1 Å². The number of nitrogens with one attached hydrogen (secondary N) is 2. The summed E-state index contributed by atoms with van der Waals surface area (Å²) in [7, 11) is -3.82. The molecule has 186 valence electrons. The van der Waals surface area contributed by atoms with Crippen molar-refractivity contribution in [2.45, 2.75) is 57.4 Å². The van der Waals surface area contributed by atoms with Crippen molar-refractivity contribution in [2.24, 2.45) is 5.92 Å². The molecule has 0 spiro atoms. The van der Waals surface area contributed by atoms with Crippen molar-refractivity contribution in [3.63, 3.8) is 0 Å². The van der Waals surface area contributed by atoms with E-state index < -0.39 is 33.9 Å². The molecule has 0 aliphatic carbocycles. The summed E-state index contributed by atoms with van der Waals surface area (Å²) < 4.78 is 38.0. The average molecular weight is 492 g/mol. The van der Waals surface area contributed by atoms with E-state index in [1.807, 2.05) is 0 Å². The molecule has 1 heterocycles. The zero-order valence-electron chi connectivity index (χ0n) is 19.8. The van der Waals surface area contributed by atoms with Gasteiger partial charge in [0.05, 0.1) is 24.2 Å². The highest BCUT2D eigenvalue weighted by molar-refractivity contribution is 7.92. The molecule has 1 aromatic carbocycles. The first kappa shape index (κ1) is 27.1.